The van der Waals surface area contributed by atoms with Gasteiger partial charge in [-0.1, -0.05) is 12.1 Å². The largest absolute Gasteiger partial charge is 0.390 e. The number of halogens is 4. The minimum atomic E-state index is -4.13. The van der Waals surface area contributed by atoms with Crippen molar-refractivity contribution in [1.29, 1.82) is 0 Å². The molecule has 0 spiro atoms. The molecule has 0 saturated carbocycles. The lowest BCUT2D eigenvalue weighted by atomic mass is 10.1. The van der Waals surface area contributed by atoms with Gasteiger partial charge in [-0.25, -0.2) is 4.39 Å². The van der Waals surface area contributed by atoms with Gasteiger partial charge in [-0.3, -0.25) is 0 Å². The lowest BCUT2D eigenvalue weighted by Crippen LogP contribution is -2.31. The Hall–Kier alpha value is -1.10. The Morgan fingerprint density at radius 3 is 2.59 bits per heavy atom. The van der Waals surface area contributed by atoms with Crippen LogP contribution in [-0.4, -0.2) is 18.8 Å². The van der Waals surface area contributed by atoms with E-state index in [9.17, 15) is 17.6 Å². The molecule has 1 unspecified atom stereocenters. The number of hydrogen-bond donors (Lipinski definition) is 1. The van der Waals surface area contributed by atoms with Crippen molar-refractivity contribution in [3.63, 3.8) is 0 Å². The highest BCUT2D eigenvalue weighted by Crippen LogP contribution is 2.18. The van der Waals surface area contributed by atoms with Gasteiger partial charge in [0, 0.05) is 12.6 Å². The molecule has 1 N–H and O–H groups in total. The Morgan fingerprint density at radius 2 is 2.00 bits per heavy atom. The second kappa shape index (κ2) is 6.00. The molecular weight excluding hydrogens is 234 g/mol. The zero-order valence-electron chi connectivity index (χ0n) is 9.52. The van der Waals surface area contributed by atoms with Gasteiger partial charge in [0.1, 0.15) is 5.82 Å². The molecule has 5 heteroatoms. The first-order chi connectivity index (χ1) is 7.87. The van der Waals surface area contributed by atoms with E-state index in [1.165, 1.54) is 12.1 Å². The van der Waals surface area contributed by atoms with Gasteiger partial charge in [-0.05, 0) is 31.0 Å². The Morgan fingerprint density at radius 1 is 1.29 bits per heavy atom. The lowest BCUT2D eigenvalue weighted by molar-refractivity contribution is -0.133. The number of nitrogens with one attached hydrogen (secondary N) is 1. The van der Waals surface area contributed by atoms with Crippen molar-refractivity contribution in [1.82, 2.24) is 5.32 Å². The second-order valence-electron chi connectivity index (χ2n) is 4.05. The summed E-state index contributed by atoms with van der Waals surface area (Å²) in [6.45, 7) is 1.67. The van der Waals surface area contributed by atoms with Crippen LogP contribution in [0.4, 0.5) is 17.6 Å². The minimum Gasteiger partial charge on any atom is -0.314 e. The van der Waals surface area contributed by atoms with Gasteiger partial charge in [-0.2, -0.15) is 13.2 Å². The topological polar surface area (TPSA) is 12.0 Å². The van der Waals surface area contributed by atoms with Crippen molar-refractivity contribution in [2.75, 3.05) is 6.54 Å². The van der Waals surface area contributed by atoms with Gasteiger partial charge >= 0.3 is 6.18 Å². The van der Waals surface area contributed by atoms with Crippen LogP contribution < -0.4 is 5.32 Å². The fourth-order valence-corrected chi connectivity index (χ4v) is 1.55. The molecule has 0 heterocycles. The maximum atomic E-state index is 12.9. The zero-order valence-corrected chi connectivity index (χ0v) is 9.52. The summed E-state index contributed by atoms with van der Waals surface area (Å²) in [5, 5.41) is 2.76. The van der Waals surface area contributed by atoms with E-state index in [4.69, 9.17) is 0 Å². The average molecular weight is 249 g/mol. The highest BCUT2D eigenvalue weighted by Gasteiger charge is 2.26. The summed E-state index contributed by atoms with van der Waals surface area (Å²) in [5.74, 6) is -0.329. The van der Waals surface area contributed by atoms with E-state index in [1.54, 1.807) is 19.1 Å². The normalized spacial score (nSPS) is 13.7. The molecule has 96 valence electrons. The van der Waals surface area contributed by atoms with Crippen LogP contribution in [0.25, 0.3) is 0 Å². The molecule has 0 aliphatic rings. The van der Waals surface area contributed by atoms with E-state index in [1.807, 2.05) is 0 Å². The van der Waals surface area contributed by atoms with Crippen LogP contribution in [0.5, 0.6) is 0 Å². The fourth-order valence-electron chi connectivity index (χ4n) is 1.55. The summed E-state index contributed by atoms with van der Waals surface area (Å²) in [5.41, 5.74) is 0.775. The summed E-state index contributed by atoms with van der Waals surface area (Å²) in [7, 11) is 0. The van der Waals surface area contributed by atoms with E-state index < -0.39 is 12.6 Å². The van der Waals surface area contributed by atoms with Crippen molar-refractivity contribution in [2.24, 2.45) is 0 Å². The second-order valence-corrected chi connectivity index (χ2v) is 4.05. The first kappa shape index (κ1) is 14.0. The number of benzene rings is 1. The SMILES string of the molecule is CC(Cc1cccc(F)c1)NCCC(F)(F)F. The predicted molar refractivity (Wildman–Crippen MR) is 58.2 cm³/mol. The van der Waals surface area contributed by atoms with Crippen molar-refractivity contribution < 1.29 is 17.6 Å². The first-order valence-corrected chi connectivity index (χ1v) is 5.41. The minimum absolute atomic E-state index is 0.111. The van der Waals surface area contributed by atoms with Gasteiger partial charge < -0.3 is 5.32 Å². The summed E-state index contributed by atoms with van der Waals surface area (Å²) >= 11 is 0. The van der Waals surface area contributed by atoms with E-state index in [-0.39, 0.29) is 18.4 Å². The van der Waals surface area contributed by atoms with Gasteiger partial charge in [0.15, 0.2) is 0 Å². The highest BCUT2D eigenvalue weighted by molar-refractivity contribution is 5.17. The Labute approximate surface area is 97.8 Å². The van der Waals surface area contributed by atoms with E-state index in [0.717, 1.165) is 5.56 Å². The maximum absolute atomic E-state index is 12.9. The molecule has 1 atom stereocenters. The number of hydrogen-bond acceptors (Lipinski definition) is 1. The summed E-state index contributed by atoms with van der Waals surface area (Å²) in [4.78, 5) is 0. The highest BCUT2D eigenvalue weighted by atomic mass is 19.4. The molecule has 0 aliphatic heterocycles. The third-order valence-corrected chi connectivity index (χ3v) is 2.33. The van der Waals surface area contributed by atoms with Gasteiger partial charge in [0.25, 0.3) is 0 Å². The van der Waals surface area contributed by atoms with Crippen molar-refractivity contribution in [3.8, 4) is 0 Å². The van der Waals surface area contributed by atoms with Crippen LogP contribution >= 0.6 is 0 Å². The molecule has 0 radical (unpaired) electrons. The van der Waals surface area contributed by atoms with Crippen molar-refractivity contribution in [2.45, 2.75) is 32.0 Å². The predicted octanol–water partition coefficient (Wildman–Crippen LogP) is 3.30. The van der Waals surface area contributed by atoms with Gasteiger partial charge in [-0.15, -0.1) is 0 Å². The summed E-state index contributed by atoms with van der Waals surface area (Å²) < 4.78 is 48.5. The summed E-state index contributed by atoms with van der Waals surface area (Å²) in [6, 6.07) is 5.96. The van der Waals surface area contributed by atoms with Crippen LogP contribution in [0, 0.1) is 5.82 Å². The number of alkyl halides is 3. The average Bonchev–Trinajstić information content (AvgIpc) is 2.15. The van der Waals surface area contributed by atoms with E-state index in [2.05, 4.69) is 5.32 Å². The molecule has 17 heavy (non-hydrogen) atoms. The van der Waals surface area contributed by atoms with E-state index >= 15 is 0 Å². The smallest absolute Gasteiger partial charge is 0.314 e. The standard InChI is InChI=1S/C12H15F4N/c1-9(17-6-5-12(14,15)16)7-10-3-2-4-11(13)8-10/h2-4,8-9,17H,5-7H2,1H3. The molecule has 0 aliphatic carbocycles. The molecule has 0 aromatic heterocycles. The molecule has 1 aromatic carbocycles. The Bertz CT molecular complexity index is 349. The summed E-state index contributed by atoms with van der Waals surface area (Å²) in [6.07, 6.45) is -4.47. The molecular formula is C12H15F4N. The van der Waals surface area contributed by atoms with Gasteiger partial charge in [0.05, 0.1) is 6.42 Å². The van der Waals surface area contributed by atoms with Crippen LogP contribution in [-0.2, 0) is 6.42 Å². The van der Waals surface area contributed by atoms with Crippen molar-refractivity contribution >= 4 is 0 Å². The van der Waals surface area contributed by atoms with Crippen molar-refractivity contribution in [3.05, 3.63) is 35.6 Å². The molecule has 0 saturated heterocycles. The Kier molecular flexibility index (Phi) is 4.93. The molecule has 1 rings (SSSR count). The third-order valence-electron chi connectivity index (χ3n) is 2.33. The van der Waals surface area contributed by atoms with Crippen LogP contribution in [0.2, 0.25) is 0 Å². The maximum Gasteiger partial charge on any atom is 0.390 e. The molecule has 0 fully saturated rings. The molecule has 0 bridgehead atoms. The Balaban J connectivity index is 2.32. The zero-order chi connectivity index (χ0) is 12.9. The van der Waals surface area contributed by atoms with Crippen LogP contribution in [0.1, 0.15) is 18.9 Å². The number of rotatable bonds is 5. The monoisotopic (exact) mass is 249 g/mol. The van der Waals surface area contributed by atoms with Gasteiger partial charge in [0.2, 0.25) is 0 Å². The molecule has 1 nitrogen and oxygen atoms in total. The van der Waals surface area contributed by atoms with Crippen LogP contribution in [0.3, 0.4) is 0 Å². The van der Waals surface area contributed by atoms with E-state index in [0.29, 0.717) is 6.42 Å². The quantitative estimate of drug-likeness (QED) is 0.789. The lowest BCUT2D eigenvalue weighted by Gasteiger charge is -2.14. The molecule has 1 aromatic rings. The molecule has 0 amide bonds. The van der Waals surface area contributed by atoms with Crippen LogP contribution in [0.15, 0.2) is 24.3 Å². The third kappa shape index (κ3) is 6.26. The first-order valence-electron chi connectivity index (χ1n) is 5.41. The fraction of sp³-hybridized carbons (Fsp3) is 0.500.